The number of carbonyl (C=O) groups is 2. The highest BCUT2D eigenvalue weighted by atomic mass is 19.4. The fourth-order valence-corrected chi connectivity index (χ4v) is 2.45. The highest BCUT2D eigenvalue weighted by Gasteiger charge is 2.32. The Morgan fingerprint density at radius 3 is 2.39 bits per heavy atom. The SMILES string of the molecule is CCCOc1ccc(C(F)(F)F)cc1NC(C(=O)NC(N)=O)c1ccccc1. The molecule has 3 amide bonds. The van der Waals surface area contributed by atoms with Gasteiger partial charge in [-0.05, 0) is 30.2 Å². The van der Waals surface area contributed by atoms with Crippen molar-refractivity contribution in [1.29, 1.82) is 0 Å². The van der Waals surface area contributed by atoms with E-state index in [0.717, 1.165) is 12.1 Å². The molecule has 0 aliphatic heterocycles. The standard InChI is InChI=1S/C19H20F3N3O3/c1-2-10-28-15-9-8-13(19(20,21)22)11-14(15)24-16(17(26)25-18(23)27)12-6-4-3-5-7-12/h3-9,11,16,24H,2,10H2,1H3,(H3,23,25,26,27). The van der Waals surface area contributed by atoms with E-state index in [1.165, 1.54) is 6.07 Å². The Kier molecular flexibility index (Phi) is 6.86. The number of imide groups is 1. The molecule has 0 aliphatic rings. The van der Waals surface area contributed by atoms with Crippen LogP contribution >= 0.6 is 0 Å². The molecule has 0 heterocycles. The van der Waals surface area contributed by atoms with E-state index >= 15 is 0 Å². The molecule has 9 heteroatoms. The average Bonchev–Trinajstić information content (AvgIpc) is 2.64. The number of alkyl halides is 3. The van der Waals surface area contributed by atoms with Gasteiger partial charge in [0.25, 0.3) is 5.91 Å². The van der Waals surface area contributed by atoms with Gasteiger partial charge < -0.3 is 15.8 Å². The van der Waals surface area contributed by atoms with E-state index in [-0.39, 0.29) is 18.0 Å². The van der Waals surface area contributed by atoms with Crippen molar-refractivity contribution in [1.82, 2.24) is 5.32 Å². The van der Waals surface area contributed by atoms with Crippen molar-refractivity contribution in [2.75, 3.05) is 11.9 Å². The largest absolute Gasteiger partial charge is 0.491 e. The normalized spacial score (nSPS) is 12.1. The topological polar surface area (TPSA) is 93.4 Å². The maximum atomic E-state index is 13.1. The number of halogens is 3. The first-order valence-corrected chi connectivity index (χ1v) is 8.48. The van der Waals surface area contributed by atoms with Crippen molar-refractivity contribution < 1.29 is 27.5 Å². The van der Waals surface area contributed by atoms with Gasteiger partial charge in [0.1, 0.15) is 11.8 Å². The van der Waals surface area contributed by atoms with Gasteiger partial charge >= 0.3 is 12.2 Å². The van der Waals surface area contributed by atoms with Crippen LogP contribution in [0.15, 0.2) is 48.5 Å². The maximum absolute atomic E-state index is 13.1. The van der Waals surface area contributed by atoms with E-state index in [0.29, 0.717) is 12.0 Å². The number of hydrogen-bond donors (Lipinski definition) is 3. The van der Waals surface area contributed by atoms with E-state index < -0.39 is 29.7 Å². The molecule has 0 spiro atoms. The molecule has 4 N–H and O–H groups in total. The molecule has 0 saturated carbocycles. The second-order valence-corrected chi connectivity index (χ2v) is 5.90. The minimum absolute atomic E-state index is 0.0308. The van der Waals surface area contributed by atoms with Gasteiger partial charge in [0.05, 0.1) is 17.9 Å². The Bertz CT molecular complexity index is 826. The summed E-state index contributed by atoms with van der Waals surface area (Å²) in [6.45, 7) is 2.13. The van der Waals surface area contributed by atoms with Gasteiger partial charge in [-0.3, -0.25) is 10.1 Å². The van der Waals surface area contributed by atoms with Gasteiger partial charge in [-0.2, -0.15) is 13.2 Å². The monoisotopic (exact) mass is 395 g/mol. The van der Waals surface area contributed by atoms with Crippen LogP contribution in [0.2, 0.25) is 0 Å². The summed E-state index contributed by atoms with van der Waals surface area (Å²) in [7, 11) is 0. The summed E-state index contributed by atoms with van der Waals surface area (Å²) in [4.78, 5) is 23.5. The lowest BCUT2D eigenvalue weighted by molar-refractivity contribution is -0.137. The van der Waals surface area contributed by atoms with Crippen LogP contribution in [0.4, 0.5) is 23.7 Å². The van der Waals surface area contributed by atoms with Crippen LogP contribution in [0.5, 0.6) is 5.75 Å². The Labute approximate surface area is 159 Å². The summed E-state index contributed by atoms with van der Waals surface area (Å²) < 4.78 is 44.9. The number of amides is 3. The van der Waals surface area contributed by atoms with Gasteiger partial charge in [0.2, 0.25) is 0 Å². The number of primary amides is 1. The van der Waals surface area contributed by atoms with Crippen LogP contribution in [0, 0.1) is 0 Å². The lowest BCUT2D eigenvalue weighted by Crippen LogP contribution is -2.40. The first-order chi connectivity index (χ1) is 13.2. The van der Waals surface area contributed by atoms with Crippen LogP contribution in [0.1, 0.15) is 30.5 Å². The lowest BCUT2D eigenvalue weighted by atomic mass is 10.0. The fourth-order valence-electron chi connectivity index (χ4n) is 2.45. The second-order valence-electron chi connectivity index (χ2n) is 5.90. The third-order valence-corrected chi connectivity index (χ3v) is 3.71. The van der Waals surface area contributed by atoms with E-state index in [2.05, 4.69) is 5.32 Å². The molecule has 1 unspecified atom stereocenters. The zero-order chi connectivity index (χ0) is 20.7. The number of benzene rings is 2. The molecule has 2 rings (SSSR count). The molecule has 1 atom stereocenters. The Hall–Kier alpha value is -3.23. The van der Waals surface area contributed by atoms with Crippen molar-refractivity contribution >= 4 is 17.6 Å². The predicted molar refractivity (Wildman–Crippen MR) is 97.8 cm³/mol. The quantitative estimate of drug-likeness (QED) is 0.664. The van der Waals surface area contributed by atoms with Crippen LogP contribution < -0.4 is 21.1 Å². The maximum Gasteiger partial charge on any atom is 0.416 e. The third-order valence-electron chi connectivity index (χ3n) is 3.71. The van der Waals surface area contributed by atoms with Crippen LogP contribution in [0.25, 0.3) is 0 Å². The third kappa shape index (κ3) is 5.63. The molecular formula is C19H20F3N3O3. The molecule has 28 heavy (non-hydrogen) atoms. The second kappa shape index (κ2) is 9.12. The van der Waals surface area contributed by atoms with Gasteiger partial charge in [-0.15, -0.1) is 0 Å². The number of ether oxygens (including phenoxy) is 1. The van der Waals surface area contributed by atoms with Gasteiger partial charge in [-0.1, -0.05) is 37.3 Å². The zero-order valence-electron chi connectivity index (χ0n) is 15.0. The van der Waals surface area contributed by atoms with Crippen LogP contribution in [-0.2, 0) is 11.0 Å². The number of anilines is 1. The minimum Gasteiger partial charge on any atom is -0.491 e. The number of urea groups is 1. The molecule has 0 aliphatic carbocycles. The van der Waals surface area contributed by atoms with Crippen molar-refractivity contribution in [2.45, 2.75) is 25.6 Å². The molecule has 0 radical (unpaired) electrons. The van der Waals surface area contributed by atoms with Crippen molar-refractivity contribution in [3.05, 3.63) is 59.7 Å². The molecule has 0 fully saturated rings. The Morgan fingerprint density at radius 2 is 1.82 bits per heavy atom. The Morgan fingerprint density at radius 1 is 1.14 bits per heavy atom. The number of rotatable bonds is 7. The molecule has 0 saturated heterocycles. The van der Waals surface area contributed by atoms with E-state index in [1.807, 2.05) is 12.2 Å². The lowest BCUT2D eigenvalue weighted by Gasteiger charge is -2.22. The van der Waals surface area contributed by atoms with Crippen molar-refractivity contribution in [2.24, 2.45) is 5.73 Å². The highest BCUT2D eigenvalue weighted by molar-refractivity contribution is 5.98. The first kappa shape index (κ1) is 21.1. The summed E-state index contributed by atoms with van der Waals surface area (Å²) in [5, 5.41) is 4.69. The molecule has 2 aromatic rings. The van der Waals surface area contributed by atoms with E-state index in [4.69, 9.17) is 10.5 Å². The van der Waals surface area contributed by atoms with Crippen LogP contribution in [0.3, 0.4) is 0 Å². The van der Waals surface area contributed by atoms with E-state index in [9.17, 15) is 22.8 Å². The summed E-state index contributed by atoms with van der Waals surface area (Å²) in [5.41, 5.74) is 4.51. The molecule has 0 bridgehead atoms. The summed E-state index contributed by atoms with van der Waals surface area (Å²) in [6.07, 6.45) is -3.93. The molecule has 0 aromatic heterocycles. The Balaban J connectivity index is 2.45. The number of nitrogens with one attached hydrogen (secondary N) is 2. The van der Waals surface area contributed by atoms with Crippen molar-refractivity contribution in [3.63, 3.8) is 0 Å². The van der Waals surface area contributed by atoms with E-state index in [1.54, 1.807) is 30.3 Å². The zero-order valence-corrected chi connectivity index (χ0v) is 15.0. The van der Waals surface area contributed by atoms with Crippen molar-refractivity contribution in [3.8, 4) is 5.75 Å². The highest BCUT2D eigenvalue weighted by Crippen LogP contribution is 2.36. The number of carbonyl (C=O) groups excluding carboxylic acids is 2. The predicted octanol–water partition coefficient (Wildman–Crippen LogP) is 3.84. The van der Waals surface area contributed by atoms with Gasteiger partial charge in [-0.25, -0.2) is 4.79 Å². The van der Waals surface area contributed by atoms with Gasteiger partial charge in [0.15, 0.2) is 0 Å². The average molecular weight is 395 g/mol. The molecular weight excluding hydrogens is 375 g/mol. The smallest absolute Gasteiger partial charge is 0.416 e. The summed E-state index contributed by atoms with van der Waals surface area (Å²) >= 11 is 0. The first-order valence-electron chi connectivity index (χ1n) is 8.48. The molecule has 150 valence electrons. The summed E-state index contributed by atoms with van der Waals surface area (Å²) in [6, 6.07) is 8.93. The molecule has 6 nitrogen and oxygen atoms in total. The van der Waals surface area contributed by atoms with Crippen LogP contribution in [-0.4, -0.2) is 18.5 Å². The number of hydrogen-bond acceptors (Lipinski definition) is 4. The summed E-state index contributed by atoms with van der Waals surface area (Å²) in [5.74, 6) is -0.653. The molecule has 2 aromatic carbocycles. The number of nitrogens with two attached hydrogens (primary N) is 1. The van der Waals surface area contributed by atoms with Gasteiger partial charge in [0, 0.05) is 0 Å². The minimum atomic E-state index is -4.57. The fraction of sp³-hybridized carbons (Fsp3) is 0.263.